The summed E-state index contributed by atoms with van der Waals surface area (Å²) >= 11 is 0. The van der Waals surface area contributed by atoms with Gasteiger partial charge in [0, 0.05) is 6.54 Å². The molecule has 1 atom stereocenters. The molecule has 0 aliphatic heterocycles. The van der Waals surface area contributed by atoms with E-state index < -0.39 is 0 Å². The summed E-state index contributed by atoms with van der Waals surface area (Å²) in [6.45, 7) is 2.76. The number of hydrogen-bond donors (Lipinski definition) is 3. The monoisotopic (exact) mass is 284 g/mol. The zero-order valence-corrected chi connectivity index (χ0v) is 12.0. The second-order valence-corrected chi connectivity index (χ2v) is 4.91. The predicted octanol–water partition coefficient (Wildman–Crippen LogP) is 2.29. The van der Waals surface area contributed by atoms with Gasteiger partial charge in [-0.3, -0.25) is 4.79 Å². The van der Waals surface area contributed by atoms with Crippen LogP contribution in [0.4, 0.5) is 5.82 Å². The number of hydrazine groups is 1. The molecular formula is C16H20N4O. The number of amides is 1. The van der Waals surface area contributed by atoms with Crippen LogP contribution < -0.4 is 16.6 Å². The lowest BCUT2D eigenvalue weighted by atomic mass is 9.98. The van der Waals surface area contributed by atoms with Crippen LogP contribution in [0.25, 0.3) is 0 Å². The molecule has 1 aromatic heterocycles. The van der Waals surface area contributed by atoms with E-state index in [9.17, 15) is 4.79 Å². The third kappa shape index (κ3) is 4.29. The van der Waals surface area contributed by atoms with E-state index in [1.54, 1.807) is 18.2 Å². The molecule has 0 radical (unpaired) electrons. The van der Waals surface area contributed by atoms with Crippen LogP contribution in [0, 0.1) is 0 Å². The molecule has 5 heteroatoms. The molecule has 0 spiro atoms. The molecule has 4 N–H and O–H groups in total. The summed E-state index contributed by atoms with van der Waals surface area (Å²) in [5.41, 5.74) is 4.06. The summed E-state index contributed by atoms with van der Waals surface area (Å²) in [6.07, 6.45) is 0.880. The molecule has 21 heavy (non-hydrogen) atoms. The van der Waals surface area contributed by atoms with Gasteiger partial charge in [-0.2, -0.15) is 0 Å². The predicted molar refractivity (Wildman–Crippen MR) is 83.9 cm³/mol. The zero-order valence-electron chi connectivity index (χ0n) is 12.0. The molecule has 1 amide bonds. The molecule has 0 aliphatic rings. The highest BCUT2D eigenvalue weighted by Crippen LogP contribution is 2.17. The average Bonchev–Trinajstić information content (AvgIpc) is 2.55. The molecule has 2 rings (SSSR count). The van der Waals surface area contributed by atoms with Crippen LogP contribution in [-0.2, 0) is 0 Å². The van der Waals surface area contributed by atoms with E-state index >= 15 is 0 Å². The maximum atomic E-state index is 12.0. The number of nitrogens with two attached hydrogens (primary N) is 1. The molecule has 0 saturated heterocycles. The third-order valence-corrected chi connectivity index (χ3v) is 3.36. The molecule has 0 fully saturated rings. The van der Waals surface area contributed by atoms with Gasteiger partial charge in [-0.15, -0.1) is 0 Å². The maximum Gasteiger partial charge on any atom is 0.269 e. The molecule has 0 bridgehead atoms. The lowest BCUT2D eigenvalue weighted by Crippen LogP contribution is -2.26. The van der Waals surface area contributed by atoms with Crippen LogP contribution in [0.1, 0.15) is 35.3 Å². The van der Waals surface area contributed by atoms with Crippen LogP contribution in [0.15, 0.2) is 48.5 Å². The SMILES string of the molecule is CC(CCNC(=O)c1cccc(NN)n1)c1ccccc1. The number of nitrogens with zero attached hydrogens (tertiary/aromatic N) is 1. The smallest absolute Gasteiger partial charge is 0.269 e. The molecule has 0 saturated carbocycles. The van der Waals surface area contributed by atoms with Crippen molar-refractivity contribution in [3.8, 4) is 0 Å². The molecule has 110 valence electrons. The number of nitrogens with one attached hydrogen (secondary N) is 2. The number of rotatable bonds is 6. The van der Waals surface area contributed by atoms with Crippen molar-refractivity contribution in [1.29, 1.82) is 0 Å². The van der Waals surface area contributed by atoms with E-state index in [-0.39, 0.29) is 5.91 Å². The van der Waals surface area contributed by atoms with Gasteiger partial charge in [-0.1, -0.05) is 43.3 Å². The van der Waals surface area contributed by atoms with Gasteiger partial charge < -0.3 is 10.7 Å². The fourth-order valence-corrected chi connectivity index (χ4v) is 2.08. The minimum absolute atomic E-state index is 0.188. The van der Waals surface area contributed by atoms with Gasteiger partial charge in [0.2, 0.25) is 0 Å². The number of aromatic nitrogens is 1. The normalized spacial score (nSPS) is 11.7. The van der Waals surface area contributed by atoms with Crippen molar-refractivity contribution in [2.45, 2.75) is 19.3 Å². The molecule has 0 aliphatic carbocycles. The summed E-state index contributed by atoms with van der Waals surface area (Å²) in [6, 6.07) is 15.4. The number of benzene rings is 1. The Balaban J connectivity index is 1.84. The highest BCUT2D eigenvalue weighted by atomic mass is 16.1. The van der Waals surface area contributed by atoms with Crippen LogP contribution in [0.5, 0.6) is 0 Å². The fraction of sp³-hybridized carbons (Fsp3) is 0.250. The van der Waals surface area contributed by atoms with E-state index in [4.69, 9.17) is 5.84 Å². The Kier molecular flexibility index (Phi) is 5.29. The van der Waals surface area contributed by atoms with Gasteiger partial charge in [0.1, 0.15) is 11.5 Å². The summed E-state index contributed by atoms with van der Waals surface area (Å²) in [5, 5.41) is 2.88. The Bertz CT molecular complexity index is 586. The Morgan fingerprint density at radius 3 is 2.67 bits per heavy atom. The van der Waals surface area contributed by atoms with Gasteiger partial charge in [0.15, 0.2) is 0 Å². The Labute approximate surface area is 124 Å². The van der Waals surface area contributed by atoms with Crippen molar-refractivity contribution in [3.63, 3.8) is 0 Å². The van der Waals surface area contributed by atoms with Crippen molar-refractivity contribution >= 4 is 11.7 Å². The van der Waals surface area contributed by atoms with E-state index in [0.29, 0.717) is 24.0 Å². The first-order chi connectivity index (χ1) is 10.2. The second-order valence-electron chi connectivity index (χ2n) is 4.91. The number of nitrogen functional groups attached to an aromatic ring is 1. The minimum atomic E-state index is -0.188. The Morgan fingerprint density at radius 1 is 1.19 bits per heavy atom. The highest BCUT2D eigenvalue weighted by Gasteiger charge is 2.09. The van der Waals surface area contributed by atoms with E-state index in [2.05, 4.69) is 34.8 Å². The minimum Gasteiger partial charge on any atom is -0.351 e. The Hall–Kier alpha value is -2.40. The highest BCUT2D eigenvalue weighted by molar-refractivity contribution is 5.92. The lowest BCUT2D eigenvalue weighted by molar-refractivity contribution is 0.0948. The van der Waals surface area contributed by atoms with Gasteiger partial charge >= 0.3 is 0 Å². The number of hydrogen-bond acceptors (Lipinski definition) is 4. The first-order valence-corrected chi connectivity index (χ1v) is 6.97. The molecular weight excluding hydrogens is 264 g/mol. The molecule has 2 aromatic rings. The first kappa shape index (κ1) is 15.0. The average molecular weight is 284 g/mol. The quantitative estimate of drug-likeness (QED) is 0.561. The van der Waals surface area contributed by atoms with Crippen molar-refractivity contribution < 1.29 is 4.79 Å². The van der Waals surface area contributed by atoms with Crippen LogP contribution in [0.2, 0.25) is 0 Å². The molecule has 1 unspecified atom stereocenters. The van der Waals surface area contributed by atoms with Crippen molar-refractivity contribution in [3.05, 3.63) is 59.8 Å². The molecule has 1 aromatic carbocycles. The van der Waals surface area contributed by atoms with Gasteiger partial charge in [0.05, 0.1) is 0 Å². The van der Waals surface area contributed by atoms with Gasteiger partial charge in [-0.05, 0) is 30.0 Å². The summed E-state index contributed by atoms with van der Waals surface area (Å²) in [7, 11) is 0. The standard InChI is InChI=1S/C16H20N4O/c1-12(13-6-3-2-4-7-13)10-11-18-16(21)14-8-5-9-15(19-14)20-17/h2-9,12H,10-11,17H2,1H3,(H,18,21)(H,19,20). The number of carbonyl (C=O) groups is 1. The number of carbonyl (C=O) groups excluding carboxylic acids is 1. The number of pyridine rings is 1. The van der Waals surface area contributed by atoms with E-state index in [1.807, 2.05) is 18.2 Å². The van der Waals surface area contributed by atoms with E-state index in [0.717, 1.165) is 6.42 Å². The molecule has 1 heterocycles. The van der Waals surface area contributed by atoms with Crippen molar-refractivity contribution in [1.82, 2.24) is 10.3 Å². The Morgan fingerprint density at radius 2 is 1.95 bits per heavy atom. The summed E-state index contributed by atoms with van der Waals surface area (Å²) in [4.78, 5) is 16.1. The van der Waals surface area contributed by atoms with E-state index in [1.165, 1.54) is 5.56 Å². The molecule has 5 nitrogen and oxygen atoms in total. The van der Waals surface area contributed by atoms with Crippen LogP contribution in [0.3, 0.4) is 0 Å². The lowest BCUT2D eigenvalue weighted by Gasteiger charge is -2.12. The van der Waals surface area contributed by atoms with Crippen molar-refractivity contribution in [2.24, 2.45) is 5.84 Å². The maximum absolute atomic E-state index is 12.0. The second kappa shape index (κ2) is 7.40. The zero-order chi connectivity index (χ0) is 15.1. The summed E-state index contributed by atoms with van der Waals surface area (Å²) in [5.74, 6) is 5.96. The third-order valence-electron chi connectivity index (χ3n) is 3.36. The fourth-order valence-electron chi connectivity index (χ4n) is 2.08. The topological polar surface area (TPSA) is 80.0 Å². The largest absolute Gasteiger partial charge is 0.351 e. The number of anilines is 1. The van der Waals surface area contributed by atoms with Crippen molar-refractivity contribution in [2.75, 3.05) is 12.0 Å². The van der Waals surface area contributed by atoms with Crippen LogP contribution >= 0.6 is 0 Å². The van der Waals surface area contributed by atoms with Gasteiger partial charge in [0.25, 0.3) is 5.91 Å². The summed E-state index contributed by atoms with van der Waals surface area (Å²) < 4.78 is 0. The first-order valence-electron chi connectivity index (χ1n) is 6.97. The van der Waals surface area contributed by atoms with Crippen LogP contribution in [-0.4, -0.2) is 17.4 Å². The van der Waals surface area contributed by atoms with Gasteiger partial charge in [-0.25, -0.2) is 10.8 Å².